The minimum atomic E-state index is -0.583. The molecular weight excluding hydrogens is 386 g/mol. The number of amides is 2. The molecule has 0 bridgehead atoms. The first kappa shape index (κ1) is 23.0. The molecule has 0 unspecified atom stereocenters. The van der Waals surface area contributed by atoms with E-state index in [0.29, 0.717) is 13.0 Å². The van der Waals surface area contributed by atoms with Crippen molar-refractivity contribution in [3.05, 3.63) is 54.4 Å². The van der Waals surface area contributed by atoms with Crippen LogP contribution >= 0.6 is 0 Å². The minimum Gasteiger partial charge on any atom is -0.348 e. The molecule has 1 aliphatic rings. The second kappa shape index (κ2) is 10.1. The Morgan fingerprint density at radius 3 is 2.45 bits per heavy atom. The molecule has 5 nitrogen and oxygen atoms in total. The molecule has 0 saturated carbocycles. The molecule has 1 aromatic carbocycles. The highest BCUT2D eigenvalue weighted by atomic mass is 16.2. The summed E-state index contributed by atoms with van der Waals surface area (Å²) in [5, 5.41) is 0. The molecule has 3 rings (SSSR count). The van der Waals surface area contributed by atoms with Gasteiger partial charge in [0.25, 0.3) is 0 Å². The molecule has 1 aliphatic heterocycles. The van der Waals surface area contributed by atoms with Crippen molar-refractivity contribution in [1.82, 2.24) is 14.8 Å². The lowest BCUT2D eigenvalue weighted by molar-refractivity contribution is -0.149. The Balaban J connectivity index is 1.91. The second-order valence-corrected chi connectivity index (χ2v) is 8.97. The van der Waals surface area contributed by atoms with Gasteiger partial charge < -0.3 is 9.80 Å². The fourth-order valence-corrected chi connectivity index (χ4v) is 4.88. The van der Waals surface area contributed by atoms with E-state index >= 15 is 0 Å². The molecule has 0 aliphatic carbocycles. The first-order chi connectivity index (χ1) is 14.9. The first-order valence-electron chi connectivity index (χ1n) is 11.4. The fraction of sp³-hybridized carbons (Fsp3) is 0.500. The Morgan fingerprint density at radius 1 is 1.10 bits per heavy atom. The van der Waals surface area contributed by atoms with Gasteiger partial charge in [-0.1, -0.05) is 38.1 Å². The van der Waals surface area contributed by atoms with Crippen LogP contribution in [0.1, 0.15) is 45.1 Å². The molecule has 2 amide bonds. The van der Waals surface area contributed by atoms with Crippen LogP contribution in [0.15, 0.2) is 48.8 Å². The molecule has 1 saturated heterocycles. The predicted octanol–water partition coefficient (Wildman–Crippen LogP) is 4.42. The number of hydrogen-bond donors (Lipinski definition) is 0. The normalized spacial score (nSPS) is 18.8. The molecule has 0 spiro atoms. The van der Waals surface area contributed by atoms with Crippen LogP contribution in [0.2, 0.25) is 0 Å². The van der Waals surface area contributed by atoms with Crippen molar-refractivity contribution in [3.8, 4) is 11.1 Å². The Bertz CT molecular complexity index is 893. The maximum atomic E-state index is 13.4. The summed E-state index contributed by atoms with van der Waals surface area (Å²) in [6.07, 6.45) is 7.56. The average Bonchev–Trinajstić information content (AvgIpc) is 2.80. The van der Waals surface area contributed by atoms with E-state index in [4.69, 9.17) is 0 Å². The van der Waals surface area contributed by atoms with Gasteiger partial charge in [0.05, 0.1) is 5.41 Å². The number of pyridine rings is 1. The third kappa shape index (κ3) is 5.15. The lowest BCUT2D eigenvalue weighted by Gasteiger charge is -2.44. The number of piperidine rings is 1. The molecule has 1 fully saturated rings. The number of hydrogen-bond acceptors (Lipinski definition) is 3. The zero-order valence-corrected chi connectivity index (χ0v) is 19.3. The van der Waals surface area contributed by atoms with Crippen molar-refractivity contribution in [3.63, 3.8) is 0 Å². The number of carbonyl (C=O) groups is 2. The number of aromatic nitrogens is 1. The molecular formula is C26H35N3O2. The van der Waals surface area contributed by atoms with Gasteiger partial charge in [0.2, 0.25) is 11.8 Å². The number of benzene rings is 1. The van der Waals surface area contributed by atoms with Crippen molar-refractivity contribution in [1.29, 1.82) is 0 Å². The van der Waals surface area contributed by atoms with Gasteiger partial charge in [-0.2, -0.15) is 0 Å². The standard InChI is InChI=1S/C26H35N3O2/c1-5-21(6-2)24(30)29-16-8-13-26(19-29,25(31)28(3)4)18-20-9-7-10-23(17-20)22-11-14-27-15-12-22/h7,9-12,14-15,17,21H,5-6,8,13,16,18-19H2,1-4H3/t26-/m1/s1. The summed E-state index contributed by atoms with van der Waals surface area (Å²) in [4.78, 5) is 34.3. The van der Waals surface area contributed by atoms with Gasteiger partial charge in [-0.25, -0.2) is 0 Å². The molecule has 1 aromatic heterocycles. The number of carbonyl (C=O) groups excluding carboxylic acids is 2. The summed E-state index contributed by atoms with van der Waals surface area (Å²) in [5.74, 6) is 0.357. The van der Waals surface area contributed by atoms with E-state index in [2.05, 4.69) is 43.1 Å². The van der Waals surface area contributed by atoms with E-state index in [9.17, 15) is 9.59 Å². The summed E-state index contributed by atoms with van der Waals surface area (Å²) in [6.45, 7) is 5.38. The van der Waals surface area contributed by atoms with Gasteiger partial charge in [0.15, 0.2) is 0 Å². The van der Waals surface area contributed by atoms with Crippen LogP contribution in [0.3, 0.4) is 0 Å². The van der Waals surface area contributed by atoms with Crippen LogP contribution < -0.4 is 0 Å². The number of likely N-dealkylation sites (tertiary alicyclic amines) is 1. The van der Waals surface area contributed by atoms with Gasteiger partial charge in [-0.3, -0.25) is 14.6 Å². The van der Waals surface area contributed by atoms with Gasteiger partial charge in [-0.05, 0) is 60.9 Å². The second-order valence-electron chi connectivity index (χ2n) is 8.97. The summed E-state index contributed by atoms with van der Waals surface area (Å²) in [7, 11) is 3.64. The van der Waals surface area contributed by atoms with E-state index in [0.717, 1.165) is 48.9 Å². The first-order valence-corrected chi connectivity index (χ1v) is 11.4. The van der Waals surface area contributed by atoms with Crippen molar-refractivity contribution in [2.45, 2.75) is 46.0 Å². The van der Waals surface area contributed by atoms with Crippen LogP contribution in [0.4, 0.5) is 0 Å². The third-order valence-corrected chi connectivity index (χ3v) is 6.57. The molecule has 1 atom stereocenters. The maximum Gasteiger partial charge on any atom is 0.230 e. The van der Waals surface area contributed by atoms with E-state index in [1.54, 1.807) is 17.3 Å². The van der Waals surface area contributed by atoms with Gasteiger partial charge in [0, 0.05) is 45.5 Å². The number of nitrogens with zero attached hydrogens (tertiary/aromatic N) is 3. The average molecular weight is 422 g/mol. The Kier molecular flexibility index (Phi) is 7.47. The highest BCUT2D eigenvalue weighted by molar-refractivity contribution is 5.85. The molecule has 5 heteroatoms. The number of rotatable bonds is 7. The summed E-state index contributed by atoms with van der Waals surface area (Å²) >= 11 is 0. The molecule has 166 valence electrons. The van der Waals surface area contributed by atoms with E-state index < -0.39 is 5.41 Å². The highest BCUT2D eigenvalue weighted by Crippen LogP contribution is 2.37. The van der Waals surface area contributed by atoms with E-state index in [1.807, 2.05) is 31.1 Å². The third-order valence-electron chi connectivity index (χ3n) is 6.57. The quantitative estimate of drug-likeness (QED) is 0.665. The van der Waals surface area contributed by atoms with Crippen LogP contribution in [-0.4, -0.2) is 53.8 Å². The monoisotopic (exact) mass is 421 g/mol. The van der Waals surface area contributed by atoms with Crippen LogP contribution in [0.5, 0.6) is 0 Å². The molecule has 31 heavy (non-hydrogen) atoms. The van der Waals surface area contributed by atoms with E-state index in [-0.39, 0.29) is 17.7 Å². The van der Waals surface area contributed by atoms with Crippen molar-refractivity contribution < 1.29 is 9.59 Å². The highest BCUT2D eigenvalue weighted by Gasteiger charge is 2.44. The van der Waals surface area contributed by atoms with Gasteiger partial charge >= 0.3 is 0 Å². The van der Waals surface area contributed by atoms with Crippen LogP contribution in [0, 0.1) is 11.3 Å². The van der Waals surface area contributed by atoms with Gasteiger partial charge in [-0.15, -0.1) is 0 Å². The largest absolute Gasteiger partial charge is 0.348 e. The Hall–Kier alpha value is -2.69. The fourth-order valence-electron chi connectivity index (χ4n) is 4.88. The zero-order chi connectivity index (χ0) is 22.4. The van der Waals surface area contributed by atoms with Crippen LogP contribution in [0.25, 0.3) is 11.1 Å². The summed E-state index contributed by atoms with van der Waals surface area (Å²) < 4.78 is 0. The van der Waals surface area contributed by atoms with Crippen LogP contribution in [-0.2, 0) is 16.0 Å². The molecule has 0 radical (unpaired) electrons. The summed E-state index contributed by atoms with van der Waals surface area (Å²) in [5.41, 5.74) is 2.77. The van der Waals surface area contributed by atoms with Crippen molar-refractivity contribution in [2.75, 3.05) is 27.2 Å². The van der Waals surface area contributed by atoms with Crippen molar-refractivity contribution in [2.24, 2.45) is 11.3 Å². The molecule has 2 heterocycles. The predicted molar refractivity (Wildman–Crippen MR) is 124 cm³/mol. The molecule has 2 aromatic rings. The smallest absolute Gasteiger partial charge is 0.230 e. The van der Waals surface area contributed by atoms with E-state index in [1.165, 1.54) is 0 Å². The van der Waals surface area contributed by atoms with Crippen molar-refractivity contribution >= 4 is 11.8 Å². The SMILES string of the molecule is CCC(CC)C(=O)N1CCC[C@](Cc2cccc(-c3ccncc3)c2)(C(=O)N(C)C)C1. The molecule has 0 N–H and O–H groups in total. The Labute approximate surface area is 186 Å². The Morgan fingerprint density at radius 2 is 1.81 bits per heavy atom. The lowest BCUT2D eigenvalue weighted by atomic mass is 9.73. The minimum absolute atomic E-state index is 0.0419. The lowest BCUT2D eigenvalue weighted by Crippen LogP contribution is -2.55. The summed E-state index contributed by atoms with van der Waals surface area (Å²) in [6, 6.07) is 12.4. The topological polar surface area (TPSA) is 53.5 Å². The maximum absolute atomic E-state index is 13.4. The van der Waals surface area contributed by atoms with Gasteiger partial charge in [0.1, 0.15) is 0 Å². The zero-order valence-electron chi connectivity index (χ0n) is 19.3.